The first-order chi connectivity index (χ1) is 8.00. The first kappa shape index (κ1) is 13.5. The van der Waals surface area contributed by atoms with E-state index in [1.807, 2.05) is 0 Å². The number of hydrogen-bond acceptors (Lipinski definition) is 0. The SMILES string of the molecule is C1=CCCCCCCCCCCCC/C=C/1. The minimum atomic E-state index is 1.27. The second-order valence-electron chi connectivity index (χ2n) is 4.97. The van der Waals surface area contributed by atoms with Crippen LogP contribution in [0, 0.1) is 0 Å². The van der Waals surface area contributed by atoms with Gasteiger partial charge >= 0.3 is 0 Å². The Labute approximate surface area is 102 Å². The molecule has 0 spiro atoms. The van der Waals surface area contributed by atoms with E-state index < -0.39 is 0 Å². The third-order valence-electron chi connectivity index (χ3n) is 3.37. The third kappa shape index (κ3) is 8.76. The van der Waals surface area contributed by atoms with E-state index in [-0.39, 0.29) is 0 Å². The van der Waals surface area contributed by atoms with E-state index in [9.17, 15) is 0 Å². The quantitative estimate of drug-likeness (QED) is 0.484. The van der Waals surface area contributed by atoms with Gasteiger partial charge < -0.3 is 0 Å². The van der Waals surface area contributed by atoms with Gasteiger partial charge in [-0.05, 0) is 25.7 Å². The van der Waals surface area contributed by atoms with Gasteiger partial charge in [0.05, 0.1) is 0 Å². The second kappa shape index (κ2) is 11.0. The minimum Gasteiger partial charge on any atom is -0.0845 e. The molecule has 0 nitrogen and oxygen atoms in total. The van der Waals surface area contributed by atoms with Crippen LogP contribution in [0.5, 0.6) is 0 Å². The molecule has 0 fully saturated rings. The molecule has 0 saturated heterocycles. The molecule has 0 unspecified atom stereocenters. The Hall–Kier alpha value is -0.520. The summed E-state index contributed by atoms with van der Waals surface area (Å²) in [7, 11) is 0. The highest BCUT2D eigenvalue weighted by Crippen LogP contribution is 2.12. The van der Waals surface area contributed by atoms with Gasteiger partial charge in [-0.3, -0.25) is 0 Å². The number of allylic oxidation sites excluding steroid dienone is 4. The van der Waals surface area contributed by atoms with Crippen molar-refractivity contribution in [2.24, 2.45) is 0 Å². The summed E-state index contributed by atoms with van der Waals surface area (Å²) < 4.78 is 0. The Balaban J connectivity index is 2.15. The van der Waals surface area contributed by atoms with Gasteiger partial charge in [0, 0.05) is 0 Å². The zero-order valence-corrected chi connectivity index (χ0v) is 10.8. The second-order valence-corrected chi connectivity index (χ2v) is 4.97. The van der Waals surface area contributed by atoms with Crippen LogP contribution < -0.4 is 0 Å². The van der Waals surface area contributed by atoms with E-state index in [1.54, 1.807) is 0 Å². The van der Waals surface area contributed by atoms with Crippen molar-refractivity contribution in [1.29, 1.82) is 0 Å². The molecule has 0 heteroatoms. The van der Waals surface area contributed by atoms with Crippen molar-refractivity contribution in [3.8, 4) is 0 Å². The molecule has 0 aromatic heterocycles. The lowest BCUT2D eigenvalue weighted by atomic mass is 10.0. The summed E-state index contributed by atoms with van der Waals surface area (Å²) in [5.41, 5.74) is 0. The normalized spacial score (nSPS) is 24.0. The van der Waals surface area contributed by atoms with E-state index in [0.29, 0.717) is 0 Å². The summed E-state index contributed by atoms with van der Waals surface area (Å²) in [5, 5.41) is 0. The Morgan fingerprint density at radius 1 is 0.375 bits per heavy atom. The molecule has 0 heterocycles. The molecule has 0 aliphatic heterocycles. The van der Waals surface area contributed by atoms with Crippen molar-refractivity contribution in [3.05, 3.63) is 24.3 Å². The third-order valence-corrected chi connectivity index (χ3v) is 3.37. The molecule has 1 aliphatic carbocycles. The van der Waals surface area contributed by atoms with E-state index >= 15 is 0 Å². The van der Waals surface area contributed by atoms with E-state index in [1.165, 1.54) is 77.0 Å². The standard InChI is InChI=1S/C16H28/c1-2-4-6-8-10-12-14-16-15-13-11-9-7-5-3-1/h1-4H,5-16H2/b3-1+,4-2?. The Morgan fingerprint density at radius 2 is 0.688 bits per heavy atom. The molecule has 0 aromatic rings. The van der Waals surface area contributed by atoms with Gasteiger partial charge in [-0.15, -0.1) is 0 Å². The maximum Gasteiger partial charge on any atom is -0.0348 e. The van der Waals surface area contributed by atoms with Gasteiger partial charge in [-0.25, -0.2) is 0 Å². The van der Waals surface area contributed by atoms with Crippen LogP contribution in [0.4, 0.5) is 0 Å². The van der Waals surface area contributed by atoms with Crippen LogP contribution >= 0.6 is 0 Å². The van der Waals surface area contributed by atoms with Crippen molar-refractivity contribution in [2.75, 3.05) is 0 Å². The van der Waals surface area contributed by atoms with Crippen molar-refractivity contribution in [1.82, 2.24) is 0 Å². The van der Waals surface area contributed by atoms with Crippen LogP contribution in [-0.2, 0) is 0 Å². The highest BCUT2D eigenvalue weighted by molar-refractivity contribution is 5.02. The van der Waals surface area contributed by atoms with Crippen LogP contribution in [-0.4, -0.2) is 0 Å². The van der Waals surface area contributed by atoms with E-state index in [2.05, 4.69) is 24.3 Å². The van der Waals surface area contributed by atoms with E-state index in [4.69, 9.17) is 0 Å². The van der Waals surface area contributed by atoms with Gasteiger partial charge in [0.25, 0.3) is 0 Å². The minimum absolute atomic E-state index is 1.27. The lowest BCUT2D eigenvalue weighted by Crippen LogP contribution is -1.82. The molecular weight excluding hydrogens is 192 g/mol. The van der Waals surface area contributed by atoms with Gasteiger partial charge in [0.2, 0.25) is 0 Å². The molecule has 0 aromatic carbocycles. The Bertz CT molecular complexity index is 166. The zero-order chi connectivity index (χ0) is 11.3. The Kier molecular flexibility index (Phi) is 9.30. The highest BCUT2D eigenvalue weighted by atomic mass is 14.0. The van der Waals surface area contributed by atoms with E-state index in [0.717, 1.165) is 0 Å². The predicted octanol–water partition coefficient (Wildman–Crippen LogP) is 5.79. The first-order valence-corrected chi connectivity index (χ1v) is 7.32. The molecule has 0 atom stereocenters. The molecule has 0 saturated carbocycles. The van der Waals surface area contributed by atoms with Crippen molar-refractivity contribution in [2.45, 2.75) is 77.0 Å². The number of rotatable bonds is 0. The monoisotopic (exact) mass is 220 g/mol. The molecule has 92 valence electrons. The summed E-state index contributed by atoms with van der Waals surface area (Å²) in [6.45, 7) is 0. The van der Waals surface area contributed by atoms with Crippen molar-refractivity contribution in [3.63, 3.8) is 0 Å². The Morgan fingerprint density at radius 3 is 1.06 bits per heavy atom. The molecule has 0 N–H and O–H groups in total. The van der Waals surface area contributed by atoms with Crippen LogP contribution in [0.15, 0.2) is 24.3 Å². The van der Waals surface area contributed by atoms with Crippen LogP contribution in [0.3, 0.4) is 0 Å². The summed E-state index contributed by atoms with van der Waals surface area (Å²) in [6, 6.07) is 0. The zero-order valence-electron chi connectivity index (χ0n) is 10.8. The average Bonchev–Trinajstić information content (AvgIpc) is 2.29. The van der Waals surface area contributed by atoms with Gasteiger partial charge in [-0.1, -0.05) is 75.7 Å². The first-order valence-electron chi connectivity index (χ1n) is 7.32. The maximum atomic E-state index is 2.32. The number of hydrogen-bond donors (Lipinski definition) is 0. The fourth-order valence-corrected chi connectivity index (χ4v) is 2.29. The van der Waals surface area contributed by atoms with Gasteiger partial charge in [-0.2, -0.15) is 0 Å². The fourth-order valence-electron chi connectivity index (χ4n) is 2.29. The highest BCUT2D eigenvalue weighted by Gasteiger charge is 1.92. The molecule has 1 rings (SSSR count). The molecular formula is C16H28. The fraction of sp³-hybridized carbons (Fsp3) is 0.750. The maximum absolute atomic E-state index is 2.32. The molecule has 0 radical (unpaired) electrons. The average molecular weight is 220 g/mol. The van der Waals surface area contributed by atoms with Crippen LogP contribution in [0.2, 0.25) is 0 Å². The molecule has 16 heavy (non-hydrogen) atoms. The van der Waals surface area contributed by atoms with Crippen molar-refractivity contribution < 1.29 is 0 Å². The molecule has 1 aliphatic rings. The smallest absolute Gasteiger partial charge is 0.0348 e. The lowest BCUT2D eigenvalue weighted by molar-refractivity contribution is 0.553. The summed E-state index contributed by atoms with van der Waals surface area (Å²) in [5.74, 6) is 0. The largest absolute Gasteiger partial charge is 0.0845 e. The van der Waals surface area contributed by atoms with Gasteiger partial charge in [0.15, 0.2) is 0 Å². The summed E-state index contributed by atoms with van der Waals surface area (Å²) in [6.07, 6.45) is 26.0. The summed E-state index contributed by atoms with van der Waals surface area (Å²) in [4.78, 5) is 0. The predicted molar refractivity (Wildman–Crippen MR) is 73.7 cm³/mol. The molecule has 0 amide bonds. The summed E-state index contributed by atoms with van der Waals surface area (Å²) >= 11 is 0. The topological polar surface area (TPSA) is 0 Å². The van der Waals surface area contributed by atoms with Crippen LogP contribution in [0.1, 0.15) is 77.0 Å². The lowest BCUT2D eigenvalue weighted by Gasteiger charge is -2.02. The van der Waals surface area contributed by atoms with Gasteiger partial charge in [0.1, 0.15) is 0 Å². The van der Waals surface area contributed by atoms with Crippen molar-refractivity contribution >= 4 is 0 Å². The van der Waals surface area contributed by atoms with Crippen LogP contribution in [0.25, 0.3) is 0 Å². The molecule has 0 bridgehead atoms.